The maximum atomic E-state index is 12.5. The van der Waals surface area contributed by atoms with Gasteiger partial charge in [-0.25, -0.2) is 4.79 Å². The molecule has 0 saturated carbocycles. The molecular formula is C16H19N7O2S. The zero-order chi connectivity index (χ0) is 18.1. The number of para-hydroxylation sites is 2. The van der Waals surface area contributed by atoms with E-state index in [0.29, 0.717) is 42.3 Å². The number of nitrogens with two attached hydrogens (primary N) is 1. The number of hydrogen-bond acceptors (Lipinski definition) is 8. The monoisotopic (exact) mass is 373 g/mol. The van der Waals surface area contributed by atoms with Crippen molar-refractivity contribution in [3.05, 3.63) is 29.3 Å². The van der Waals surface area contributed by atoms with Crippen LogP contribution in [0.1, 0.15) is 18.0 Å². The van der Waals surface area contributed by atoms with Crippen LogP contribution in [0.2, 0.25) is 0 Å². The number of fused-ring (bicyclic) bond motifs is 1. The van der Waals surface area contributed by atoms with Crippen LogP contribution in [0, 0.1) is 0 Å². The van der Waals surface area contributed by atoms with Crippen LogP contribution < -0.4 is 16.0 Å². The number of benzene rings is 1. The molecule has 3 heterocycles. The normalized spacial score (nSPS) is 16.0. The Bertz CT molecular complexity index is 883. The van der Waals surface area contributed by atoms with Crippen molar-refractivity contribution in [3.8, 4) is 0 Å². The molecule has 1 atom stereocenters. The molecule has 3 aromatic rings. The number of amides is 2. The van der Waals surface area contributed by atoms with E-state index in [0.717, 1.165) is 11.1 Å². The lowest BCUT2D eigenvalue weighted by Gasteiger charge is -2.34. The van der Waals surface area contributed by atoms with Gasteiger partial charge in [-0.3, -0.25) is 0 Å². The minimum absolute atomic E-state index is 0.122. The van der Waals surface area contributed by atoms with E-state index in [1.807, 2.05) is 31.2 Å². The van der Waals surface area contributed by atoms with Gasteiger partial charge < -0.3 is 25.3 Å². The van der Waals surface area contributed by atoms with Crippen molar-refractivity contribution in [2.24, 2.45) is 0 Å². The number of carbonyl (C=O) groups is 1. The maximum Gasteiger partial charge on any atom is 0.318 e. The second-order valence-corrected chi connectivity index (χ2v) is 7.13. The second-order valence-electron chi connectivity index (χ2n) is 6.09. The Morgan fingerprint density at radius 3 is 2.73 bits per heavy atom. The first-order valence-electron chi connectivity index (χ1n) is 8.35. The SMILES string of the molecule is CC(NC(=O)N1CCN(c2nc3ccccc3o2)CC1)c1nnc(N)s1. The van der Waals surface area contributed by atoms with Gasteiger partial charge in [0.15, 0.2) is 5.58 Å². The fraction of sp³-hybridized carbons (Fsp3) is 0.375. The Morgan fingerprint density at radius 1 is 1.27 bits per heavy atom. The predicted molar refractivity (Wildman–Crippen MR) is 99.1 cm³/mol. The first kappa shape index (κ1) is 16.6. The average Bonchev–Trinajstić information content (AvgIpc) is 3.28. The molecule has 4 rings (SSSR count). The molecule has 1 fully saturated rings. The van der Waals surface area contributed by atoms with Crippen molar-refractivity contribution in [1.29, 1.82) is 0 Å². The summed E-state index contributed by atoms with van der Waals surface area (Å²) in [5, 5.41) is 11.8. The van der Waals surface area contributed by atoms with E-state index >= 15 is 0 Å². The fourth-order valence-electron chi connectivity index (χ4n) is 2.86. The number of nitrogens with zero attached hydrogens (tertiary/aromatic N) is 5. The van der Waals surface area contributed by atoms with Crippen LogP contribution in [0.5, 0.6) is 0 Å². The van der Waals surface area contributed by atoms with Crippen molar-refractivity contribution < 1.29 is 9.21 Å². The minimum atomic E-state index is -0.229. The van der Waals surface area contributed by atoms with E-state index in [2.05, 4.69) is 25.4 Å². The topological polar surface area (TPSA) is 113 Å². The van der Waals surface area contributed by atoms with Gasteiger partial charge in [0.1, 0.15) is 10.5 Å². The summed E-state index contributed by atoms with van der Waals surface area (Å²) < 4.78 is 5.80. The summed E-state index contributed by atoms with van der Waals surface area (Å²) in [6.07, 6.45) is 0. The Kier molecular flexibility index (Phi) is 4.33. The van der Waals surface area contributed by atoms with Gasteiger partial charge in [0.2, 0.25) is 5.13 Å². The number of anilines is 2. The molecule has 1 unspecified atom stereocenters. The average molecular weight is 373 g/mol. The van der Waals surface area contributed by atoms with Crippen LogP contribution in [-0.2, 0) is 0 Å². The number of rotatable bonds is 3. The lowest BCUT2D eigenvalue weighted by atomic mass is 10.3. The summed E-state index contributed by atoms with van der Waals surface area (Å²) in [5.41, 5.74) is 7.20. The third kappa shape index (κ3) is 3.27. The largest absolute Gasteiger partial charge is 0.423 e. The highest BCUT2D eigenvalue weighted by Crippen LogP contribution is 2.23. The van der Waals surface area contributed by atoms with Gasteiger partial charge in [0.05, 0.1) is 6.04 Å². The number of nitrogens with one attached hydrogen (secondary N) is 1. The van der Waals surface area contributed by atoms with Crippen LogP contribution in [0.4, 0.5) is 15.9 Å². The molecule has 1 aromatic carbocycles. The summed E-state index contributed by atoms with van der Waals surface area (Å²) in [5.74, 6) is 0. The lowest BCUT2D eigenvalue weighted by molar-refractivity contribution is 0.190. The molecule has 9 nitrogen and oxygen atoms in total. The van der Waals surface area contributed by atoms with Crippen LogP contribution >= 0.6 is 11.3 Å². The van der Waals surface area contributed by atoms with Crippen LogP contribution in [-0.4, -0.2) is 52.3 Å². The minimum Gasteiger partial charge on any atom is -0.423 e. The zero-order valence-corrected chi connectivity index (χ0v) is 15.1. The van der Waals surface area contributed by atoms with E-state index in [4.69, 9.17) is 10.2 Å². The number of nitrogen functional groups attached to an aromatic ring is 1. The van der Waals surface area contributed by atoms with Gasteiger partial charge in [-0.2, -0.15) is 4.98 Å². The summed E-state index contributed by atoms with van der Waals surface area (Å²) in [6, 6.07) is 7.93. The van der Waals surface area contributed by atoms with Gasteiger partial charge >= 0.3 is 6.03 Å². The first-order valence-corrected chi connectivity index (χ1v) is 9.16. The lowest BCUT2D eigenvalue weighted by Crippen LogP contribution is -2.52. The molecule has 3 N–H and O–H groups in total. The first-order chi connectivity index (χ1) is 12.6. The number of aromatic nitrogens is 3. The smallest absolute Gasteiger partial charge is 0.318 e. The van der Waals surface area contributed by atoms with Crippen molar-refractivity contribution in [2.75, 3.05) is 36.8 Å². The quantitative estimate of drug-likeness (QED) is 0.720. The highest BCUT2D eigenvalue weighted by atomic mass is 32.1. The Labute approximate surface area is 153 Å². The molecule has 1 aliphatic heterocycles. The van der Waals surface area contributed by atoms with E-state index in [1.54, 1.807) is 4.90 Å². The standard InChI is InChI=1S/C16H19N7O2S/c1-10(13-20-21-14(17)26-13)18-15(24)22-6-8-23(9-7-22)16-19-11-4-2-3-5-12(11)25-16/h2-5,10H,6-9H2,1H3,(H2,17,21)(H,18,24). The molecule has 1 aliphatic rings. The van der Waals surface area contributed by atoms with Gasteiger partial charge in [-0.1, -0.05) is 23.5 Å². The van der Waals surface area contributed by atoms with Crippen molar-refractivity contribution in [1.82, 2.24) is 25.4 Å². The molecule has 0 spiro atoms. The number of hydrogen-bond donors (Lipinski definition) is 2. The molecule has 1 saturated heterocycles. The summed E-state index contributed by atoms with van der Waals surface area (Å²) in [7, 11) is 0. The summed E-state index contributed by atoms with van der Waals surface area (Å²) in [4.78, 5) is 20.8. The van der Waals surface area contributed by atoms with Gasteiger partial charge in [-0.05, 0) is 19.1 Å². The molecule has 0 bridgehead atoms. The third-order valence-electron chi connectivity index (χ3n) is 4.29. The van der Waals surface area contributed by atoms with E-state index in [-0.39, 0.29) is 12.1 Å². The number of piperazine rings is 1. The number of urea groups is 1. The number of carbonyl (C=O) groups excluding carboxylic acids is 1. The number of oxazole rings is 1. The van der Waals surface area contributed by atoms with Crippen molar-refractivity contribution >= 4 is 39.6 Å². The predicted octanol–water partition coefficient (Wildman–Crippen LogP) is 1.85. The Balaban J connectivity index is 1.34. The highest BCUT2D eigenvalue weighted by molar-refractivity contribution is 7.15. The molecule has 2 amide bonds. The molecule has 136 valence electrons. The fourth-order valence-corrected chi connectivity index (χ4v) is 3.47. The molecule has 2 aromatic heterocycles. The molecule has 0 radical (unpaired) electrons. The third-order valence-corrected chi connectivity index (χ3v) is 5.22. The summed E-state index contributed by atoms with van der Waals surface area (Å²) in [6.45, 7) is 4.39. The van der Waals surface area contributed by atoms with Gasteiger partial charge in [-0.15, -0.1) is 10.2 Å². The molecule has 0 aliphatic carbocycles. The van der Waals surface area contributed by atoms with E-state index in [9.17, 15) is 4.79 Å². The van der Waals surface area contributed by atoms with E-state index in [1.165, 1.54) is 11.3 Å². The zero-order valence-electron chi connectivity index (χ0n) is 14.3. The van der Waals surface area contributed by atoms with Crippen LogP contribution in [0.15, 0.2) is 28.7 Å². The Hall–Kier alpha value is -2.88. The van der Waals surface area contributed by atoms with Gasteiger partial charge in [0.25, 0.3) is 6.01 Å². The Morgan fingerprint density at radius 2 is 2.04 bits per heavy atom. The van der Waals surface area contributed by atoms with Crippen molar-refractivity contribution in [3.63, 3.8) is 0 Å². The van der Waals surface area contributed by atoms with Crippen molar-refractivity contribution in [2.45, 2.75) is 13.0 Å². The summed E-state index contributed by atoms with van der Waals surface area (Å²) >= 11 is 1.28. The van der Waals surface area contributed by atoms with Gasteiger partial charge in [0, 0.05) is 26.2 Å². The second kappa shape index (κ2) is 6.79. The van der Waals surface area contributed by atoms with Crippen LogP contribution in [0.25, 0.3) is 11.1 Å². The molecule has 26 heavy (non-hydrogen) atoms. The molecule has 10 heteroatoms. The van der Waals surface area contributed by atoms with E-state index < -0.39 is 0 Å². The highest BCUT2D eigenvalue weighted by Gasteiger charge is 2.25. The maximum absolute atomic E-state index is 12.5. The van der Waals surface area contributed by atoms with Crippen LogP contribution in [0.3, 0.4) is 0 Å². The molecular weight excluding hydrogens is 354 g/mol.